The molecule has 2 N–H and O–H groups in total. The highest BCUT2D eigenvalue weighted by Crippen LogP contribution is 2.44. The van der Waals surface area contributed by atoms with Crippen LogP contribution in [0.2, 0.25) is 0 Å². The Morgan fingerprint density at radius 2 is 1.90 bits per heavy atom. The van der Waals surface area contributed by atoms with Crippen LogP contribution in [-0.2, 0) is 9.59 Å². The smallest absolute Gasteiger partial charge is 0.230 e. The lowest BCUT2D eigenvalue weighted by Gasteiger charge is -2.42. The number of hydrogen-bond acceptors (Lipinski definition) is 4. The zero-order valence-corrected chi connectivity index (χ0v) is 19.2. The van der Waals surface area contributed by atoms with Gasteiger partial charge in [-0.05, 0) is 75.6 Å². The van der Waals surface area contributed by atoms with E-state index in [1.807, 2.05) is 26.0 Å². The number of aliphatic hydroxyl groups is 1. The molecule has 2 amide bonds. The Hall–Kier alpha value is -2.08. The molecule has 1 saturated carbocycles. The van der Waals surface area contributed by atoms with Gasteiger partial charge >= 0.3 is 0 Å². The Kier molecular flexibility index (Phi) is 6.29. The van der Waals surface area contributed by atoms with Gasteiger partial charge in [0.2, 0.25) is 11.8 Å². The zero-order valence-electron chi connectivity index (χ0n) is 19.2. The molecule has 6 heteroatoms. The number of carbonyl (C=O) groups excluding carboxylic acids is 2. The molecule has 2 aliphatic heterocycles. The number of piperidine rings is 1. The third-order valence-electron chi connectivity index (χ3n) is 7.56. The molecule has 31 heavy (non-hydrogen) atoms. The minimum Gasteiger partial charge on any atom is -0.393 e. The molecule has 1 unspecified atom stereocenters. The van der Waals surface area contributed by atoms with Gasteiger partial charge in [0, 0.05) is 43.0 Å². The van der Waals surface area contributed by atoms with E-state index in [4.69, 9.17) is 0 Å². The van der Waals surface area contributed by atoms with E-state index in [0.29, 0.717) is 11.9 Å². The molecule has 0 bridgehead atoms. The van der Waals surface area contributed by atoms with Crippen molar-refractivity contribution in [1.82, 2.24) is 4.90 Å². The van der Waals surface area contributed by atoms with E-state index in [9.17, 15) is 14.7 Å². The van der Waals surface area contributed by atoms with Gasteiger partial charge in [-0.15, -0.1) is 0 Å². The first-order valence-corrected chi connectivity index (χ1v) is 11.9. The van der Waals surface area contributed by atoms with Gasteiger partial charge in [-0.2, -0.15) is 0 Å². The number of hydrogen-bond donors (Lipinski definition) is 2. The topological polar surface area (TPSA) is 72.9 Å². The maximum Gasteiger partial charge on any atom is 0.230 e. The van der Waals surface area contributed by atoms with Gasteiger partial charge in [-0.25, -0.2) is 0 Å². The summed E-state index contributed by atoms with van der Waals surface area (Å²) in [5.41, 5.74) is 2.84. The highest BCUT2D eigenvalue weighted by atomic mass is 16.3. The fourth-order valence-electron chi connectivity index (χ4n) is 5.66. The number of nitrogens with zero attached hydrogens (tertiary/aromatic N) is 2. The molecule has 1 aliphatic carbocycles. The van der Waals surface area contributed by atoms with Gasteiger partial charge in [0.1, 0.15) is 0 Å². The molecule has 1 aromatic rings. The van der Waals surface area contributed by atoms with Gasteiger partial charge < -0.3 is 20.2 Å². The predicted molar refractivity (Wildman–Crippen MR) is 123 cm³/mol. The maximum atomic E-state index is 13.6. The molecular weight excluding hydrogens is 390 g/mol. The van der Waals surface area contributed by atoms with Crippen LogP contribution in [0.15, 0.2) is 18.2 Å². The summed E-state index contributed by atoms with van der Waals surface area (Å²) in [6, 6.07) is 6.40. The van der Waals surface area contributed by atoms with E-state index in [1.165, 1.54) is 0 Å². The summed E-state index contributed by atoms with van der Waals surface area (Å²) < 4.78 is 0. The Balaban J connectivity index is 1.46. The van der Waals surface area contributed by atoms with Crippen LogP contribution in [0, 0.1) is 18.3 Å². The van der Waals surface area contributed by atoms with Crippen LogP contribution < -0.4 is 10.2 Å². The van der Waals surface area contributed by atoms with Crippen molar-refractivity contribution in [2.45, 2.75) is 77.9 Å². The quantitative estimate of drug-likeness (QED) is 0.768. The van der Waals surface area contributed by atoms with Crippen LogP contribution in [0.3, 0.4) is 0 Å². The van der Waals surface area contributed by atoms with Crippen LogP contribution in [0.5, 0.6) is 0 Å². The third kappa shape index (κ3) is 4.45. The summed E-state index contributed by atoms with van der Waals surface area (Å²) in [7, 11) is 0. The Morgan fingerprint density at radius 1 is 1.16 bits per heavy atom. The average molecular weight is 428 g/mol. The SMILES string of the molecule is Cc1cc(NC(=O)C(C)C)ccc1N1CCCC2(CCN([C@H]3CC[C@H](O)CC3)C2=O)C1. The summed E-state index contributed by atoms with van der Waals surface area (Å²) in [4.78, 5) is 30.1. The molecule has 1 aromatic carbocycles. The summed E-state index contributed by atoms with van der Waals surface area (Å²) in [5.74, 6) is 0.304. The number of benzene rings is 1. The van der Waals surface area contributed by atoms with Crippen molar-refractivity contribution in [1.29, 1.82) is 0 Å². The van der Waals surface area contributed by atoms with Gasteiger partial charge in [-0.3, -0.25) is 9.59 Å². The Morgan fingerprint density at radius 3 is 2.58 bits per heavy atom. The molecule has 3 fully saturated rings. The lowest BCUT2D eigenvalue weighted by molar-refractivity contribution is -0.139. The molecule has 170 valence electrons. The number of anilines is 2. The van der Waals surface area contributed by atoms with Crippen molar-refractivity contribution < 1.29 is 14.7 Å². The third-order valence-corrected chi connectivity index (χ3v) is 7.56. The number of rotatable bonds is 4. The van der Waals surface area contributed by atoms with Crippen molar-refractivity contribution in [3.05, 3.63) is 23.8 Å². The largest absolute Gasteiger partial charge is 0.393 e. The molecular formula is C25H37N3O3. The monoisotopic (exact) mass is 427 g/mol. The van der Waals surface area contributed by atoms with E-state index in [2.05, 4.69) is 28.1 Å². The van der Waals surface area contributed by atoms with Crippen LogP contribution >= 0.6 is 0 Å². The van der Waals surface area contributed by atoms with Gasteiger partial charge in [0.25, 0.3) is 0 Å². The summed E-state index contributed by atoms with van der Waals surface area (Å²) in [6.45, 7) is 8.45. The van der Waals surface area contributed by atoms with Crippen LogP contribution in [-0.4, -0.2) is 53.6 Å². The first-order chi connectivity index (χ1) is 14.8. The lowest BCUT2D eigenvalue weighted by atomic mass is 9.78. The number of nitrogens with one attached hydrogen (secondary N) is 1. The van der Waals surface area contributed by atoms with Crippen molar-refractivity contribution >= 4 is 23.2 Å². The van der Waals surface area contributed by atoms with E-state index in [1.54, 1.807) is 0 Å². The molecule has 2 saturated heterocycles. The maximum absolute atomic E-state index is 13.6. The second kappa shape index (κ2) is 8.81. The van der Waals surface area contributed by atoms with Gasteiger partial charge in [0.15, 0.2) is 0 Å². The van der Waals surface area contributed by atoms with Crippen LogP contribution in [0.1, 0.15) is 64.4 Å². The van der Waals surface area contributed by atoms with E-state index >= 15 is 0 Å². The van der Waals surface area contributed by atoms with Crippen molar-refractivity contribution in [2.24, 2.45) is 11.3 Å². The number of amides is 2. The second-order valence-corrected chi connectivity index (χ2v) is 10.2. The van der Waals surface area contributed by atoms with Gasteiger partial charge in [-0.1, -0.05) is 13.8 Å². The second-order valence-electron chi connectivity index (χ2n) is 10.2. The van der Waals surface area contributed by atoms with Crippen LogP contribution in [0.25, 0.3) is 0 Å². The summed E-state index contributed by atoms with van der Waals surface area (Å²) in [6.07, 6.45) is 6.21. The molecule has 4 rings (SSSR count). The standard InChI is InChI=1S/C25H37N3O3/c1-17(2)23(30)26-19-5-10-22(18(3)15-19)27-13-4-11-25(16-27)12-14-28(24(25)31)20-6-8-21(29)9-7-20/h5,10,15,17,20-21,29H,4,6-9,11-14,16H2,1-3H3,(H,26,30)/t20-,21-,25?. The molecule has 0 radical (unpaired) electrons. The average Bonchev–Trinajstić information content (AvgIpc) is 3.04. The number of aliphatic hydroxyl groups excluding tert-OH is 1. The predicted octanol–water partition coefficient (Wildman–Crippen LogP) is 3.71. The Labute approximate surface area is 186 Å². The highest BCUT2D eigenvalue weighted by Gasteiger charge is 2.50. The summed E-state index contributed by atoms with van der Waals surface area (Å²) >= 11 is 0. The number of aryl methyl sites for hydroxylation is 1. The van der Waals surface area contributed by atoms with Crippen LogP contribution in [0.4, 0.5) is 11.4 Å². The Bertz CT molecular complexity index is 831. The van der Waals surface area contributed by atoms with E-state index in [0.717, 1.165) is 81.5 Å². The minimum atomic E-state index is -0.273. The number of carbonyl (C=O) groups is 2. The molecule has 6 nitrogen and oxygen atoms in total. The molecule has 2 heterocycles. The molecule has 1 spiro atoms. The zero-order chi connectivity index (χ0) is 22.2. The fourth-order valence-corrected chi connectivity index (χ4v) is 5.66. The lowest BCUT2D eigenvalue weighted by Crippen LogP contribution is -2.50. The first-order valence-electron chi connectivity index (χ1n) is 11.9. The molecule has 3 aliphatic rings. The van der Waals surface area contributed by atoms with E-state index in [-0.39, 0.29) is 23.3 Å². The minimum absolute atomic E-state index is 0.0240. The van der Waals surface area contributed by atoms with Crippen molar-refractivity contribution in [3.8, 4) is 0 Å². The highest BCUT2D eigenvalue weighted by molar-refractivity contribution is 5.92. The van der Waals surface area contributed by atoms with E-state index < -0.39 is 0 Å². The van der Waals surface area contributed by atoms with Crippen molar-refractivity contribution in [3.63, 3.8) is 0 Å². The van der Waals surface area contributed by atoms with Gasteiger partial charge in [0.05, 0.1) is 11.5 Å². The fraction of sp³-hybridized carbons (Fsp3) is 0.680. The molecule has 0 aromatic heterocycles. The summed E-state index contributed by atoms with van der Waals surface area (Å²) in [5, 5.41) is 12.8. The molecule has 1 atom stereocenters. The normalized spacial score (nSPS) is 29.1. The first kappa shape index (κ1) is 22.1. The number of likely N-dealkylation sites (tertiary alicyclic amines) is 1. The van der Waals surface area contributed by atoms with Crippen molar-refractivity contribution in [2.75, 3.05) is 29.9 Å².